The van der Waals surface area contributed by atoms with Gasteiger partial charge in [0.25, 0.3) is 0 Å². The molecule has 1 unspecified atom stereocenters. The molecule has 158 valence electrons. The van der Waals surface area contributed by atoms with E-state index in [9.17, 15) is 4.79 Å². The van der Waals surface area contributed by atoms with Crippen LogP contribution in [0.25, 0.3) is 0 Å². The molecule has 0 aromatic heterocycles. The number of ether oxygens (including phenoxy) is 1. The summed E-state index contributed by atoms with van der Waals surface area (Å²) in [5, 5.41) is 0. The zero-order valence-corrected chi connectivity index (χ0v) is 17.9. The summed E-state index contributed by atoms with van der Waals surface area (Å²) >= 11 is 0. The molecular weight excluding hydrogens is 360 g/mol. The highest BCUT2D eigenvalue weighted by molar-refractivity contribution is 5.67. The first-order chi connectivity index (χ1) is 14.2. The summed E-state index contributed by atoms with van der Waals surface area (Å²) in [5.41, 5.74) is 3.03. The van der Waals surface area contributed by atoms with Gasteiger partial charge in [-0.3, -0.25) is 4.90 Å². The first-order valence-corrected chi connectivity index (χ1v) is 11.6. The van der Waals surface area contributed by atoms with E-state index < -0.39 is 0 Å². The molecule has 2 aliphatic carbocycles. The number of likely N-dealkylation sites (tertiary alicyclic amines) is 1. The van der Waals surface area contributed by atoms with Gasteiger partial charge >= 0.3 is 6.09 Å². The Kier molecular flexibility index (Phi) is 6.91. The number of rotatable bonds is 6. The number of hydrogen-bond acceptors (Lipinski definition) is 3. The van der Waals surface area contributed by atoms with E-state index in [1.807, 2.05) is 11.9 Å². The third-order valence-electron chi connectivity index (χ3n) is 7.13. The lowest BCUT2D eigenvalue weighted by Crippen LogP contribution is -2.50. The monoisotopic (exact) mass is 396 g/mol. The normalized spacial score (nSPS) is 22.4. The van der Waals surface area contributed by atoms with Crippen molar-refractivity contribution in [2.24, 2.45) is 0 Å². The van der Waals surface area contributed by atoms with Crippen LogP contribution in [-0.4, -0.2) is 54.2 Å². The van der Waals surface area contributed by atoms with Crippen molar-refractivity contribution in [3.8, 4) is 0 Å². The van der Waals surface area contributed by atoms with Gasteiger partial charge in [0.15, 0.2) is 0 Å². The van der Waals surface area contributed by atoms with Crippen LogP contribution in [0.4, 0.5) is 4.79 Å². The third kappa shape index (κ3) is 5.22. The van der Waals surface area contributed by atoms with Gasteiger partial charge in [0.1, 0.15) is 6.10 Å². The van der Waals surface area contributed by atoms with Crippen molar-refractivity contribution in [2.45, 2.75) is 82.4 Å². The van der Waals surface area contributed by atoms with E-state index in [1.54, 1.807) is 5.57 Å². The van der Waals surface area contributed by atoms with Crippen LogP contribution in [0.15, 0.2) is 42.0 Å². The minimum Gasteiger partial charge on any atom is -0.446 e. The van der Waals surface area contributed by atoms with E-state index in [2.05, 4.69) is 41.3 Å². The summed E-state index contributed by atoms with van der Waals surface area (Å²) in [4.78, 5) is 17.1. The van der Waals surface area contributed by atoms with Crippen LogP contribution in [0.5, 0.6) is 0 Å². The maximum Gasteiger partial charge on any atom is 0.410 e. The molecule has 4 nitrogen and oxygen atoms in total. The molecule has 1 amide bonds. The zero-order valence-electron chi connectivity index (χ0n) is 17.9. The lowest BCUT2D eigenvalue weighted by Gasteiger charge is -2.42. The molecule has 1 aromatic carbocycles. The van der Waals surface area contributed by atoms with Crippen molar-refractivity contribution < 1.29 is 9.53 Å². The smallest absolute Gasteiger partial charge is 0.410 e. The minimum atomic E-state index is -0.113. The fourth-order valence-electron chi connectivity index (χ4n) is 5.09. The SMILES string of the molecule is CN(C(=O)OC1CCCCC1)C1CCN(C(Cc2ccccc2)C2=CCC2)CC1. The molecule has 0 N–H and O–H groups in total. The zero-order chi connectivity index (χ0) is 20.1. The van der Waals surface area contributed by atoms with Crippen molar-refractivity contribution in [2.75, 3.05) is 20.1 Å². The Balaban J connectivity index is 1.30. The highest BCUT2D eigenvalue weighted by Crippen LogP contribution is 2.30. The standard InChI is InChI=1S/C25H36N2O2/c1-26(25(28)29-23-13-6-3-7-14-23)22-15-17-27(18-16-22)24(21-11-8-12-21)19-20-9-4-2-5-10-20/h2,4-5,9-11,22-24H,3,6-8,12-19H2,1H3. The van der Waals surface area contributed by atoms with Crippen LogP contribution >= 0.6 is 0 Å². The van der Waals surface area contributed by atoms with Crippen LogP contribution in [0.1, 0.15) is 63.4 Å². The van der Waals surface area contributed by atoms with E-state index in [0.717, 1.165) is 45.2 Å². The minimum absolute atomic E-state index is 0.113. The van der Waals surface area contributed by atoms with Gasteiger partial charge in [-0.2, -0.15) is 0 Å². The Hall–Kier alpha value is -1.81. The molecule has 1 saturated carbocycles. The molecule has 3 aliphatic rings. The van der Waals surface area contributed by atoms with Gasteiger partial charge in [0, 0.05) is 32.2 Å². The quantitative estimate of drug-likeness (QED) is 0.621. The van der Waals surface area contributed by atoms with Gasteiger partial charge in [0.2, 0.25) is 0 Å². The van der Waals surface area contributed by atoms with Crippen LogP contribution in [0, 0.1) is 0 Å². The van der Waals surface area contributed by atoms with Crippen LogP contribution in [0.2, 0.25) is 0 Å². The molecule has 0 bridgehead atoms. The molecule has 1 atom stereocenters. The van der Waals surface area contributed by atoms with Gasteiger partial charge in [-0.1, -0.05) is 48.4 Å². The largest absolute Gasteiger partial charge is 0.446 e. The number of amides is 1. The Morgan fingerprint density at radius 2 is 1.79 bits per heavy atom. The maximum atomic E-state index is 12.6. The lowest BCUT2D eigenvalue weighted by atomic mass is 9.86. The van der Waals surface area contributed by atoms with E-state index in [1.165, 1.54) is 37.7 Å². The number of hydrogen-bond donors (Lipinski definition) is 0. The Bertz CT molecular complexity index is 688. The van der Waals surface area contributed by atoms with Crippen molar-refractivity contribution in [1.29, 1.82) is 0 Å². The molecule has 29 heavy (non-hydrogen) atoms. The predicted molar refractivity (Wildman–Crippen MR) is 117 cm³/mol. The maximum absolute atomic E-state index is 12.6. The molecule has 1 saturated heterocycles. The molecule has 1 aliphatic heterocycles. The number of carbonyl (C=O) groups excluding carboxylic acids is 1. The lowest BCUT2D eigenvalue weighted by molar-refractivity contribution is 0.0314. The highest BCUT2D eigenvalue weighted by Gasteiger charge is 2.32. The fraction of sp³-hybridized carbons (Fsp3) is 0.640. The molecule has 0 radical (unpaired) electrons. The van der Waals surface area contributed by atoms with E-state index >= 15 is 0 Å². The Morgan fingerprint density at radius 1 is 1.10 bits per heavy atom. The second-order valence-electron chi connectivity index (χ2n) is 9.05. The van der Waals surface area contributed by atoms with E-state index in [4.69, 9.17) is 4.74 Å². The molecular formula is C25H36N2O2. The average Bonchev–Trinajstić information content (AvgIpc) is 2.73. The molecule has 1 heterocycles. The van der Waals surface area contributed by atoms with Crippen molar-refractivity contribution in [1.82, 2.24) is 9.80 Å². The molecule has 4 rings (SSSR count). The average molecular weight is 397 g/mol. The van der Waals surface area contributed by atoms with Crippen molar-refractivity contribution in [3.63, 3.8) is 0 Å². The number of allylic oxidation sites excluding steroid dienone is 1. The summed E-state index contributed by atoms with van der Waals surface area (Å²) in [6, 6.07) is 11.7. The van der Waals surface area contributed by atoms with Gasteiger partial charge in [0.05, 0.1) is 0 Å². The van der Waals surface area contributed by atoms with Gasteiger partial charge < -0.3 is 9.64 Å². The summed E-state index contributed by atoms with van der Waals surface area (Å²) < 4.78 is 5.79. The number of carbonyl (C=O) groups is 1. The Labute approximate surface area is 175 Å². The molecule has 4 heteroatoms. The molecule has 1 aromatic rings. The highest BCUT2D eigenvalue weighted by atomic mass is 16.6. The van der Waals surface area contributed by atoms with Crippen LogP contribution in [-0.2, 0) is 11.2 Å². The van der Waals surface area contributed by atoms with Gasteiger partial charge in [-0.25, -0.2) is 4.79 Å². The third-order valence-corrected chi connectivity index (χ3v) is 7.13. The van der Waals surface area contributed by atoms with Crippen LogP contribution in [0.3, 0.4) is 0 Å². The van der Waals surface area contributed by atoms with Crippen molar-refractivity contribution in [3.05, 3.63) is 47.5 Å². The molecule has 0 spiro atoms. The van der Waals surface area contributed by atoms with Crippen molar-refractivity contribution >= 4 is 6.09 Å². The predicted octanol–water partition coefficient (Wildman–Crippen LogP) is 5.18. The summed E-state index contributed by atoms with van der Waals surface area (Å²) in [6.45, 7) is 2.11. The number of piperidine rings is 1. The summed E-state index contributed by atoms with van der Waals surface area (Å²) in [6.07, 6.45) is 13.8. The van der Waals surface area contributed by atoms with E-state index in [-0.39, 0.29) is 12.2 Å². The second-order valence-corrected chi connectivity index (χ2v) is 9.05. The van der Waals surface area contributed by atoms with E-state index in [0.29, 0.717) is 12.1 Å². The van der Waals surface area contributed by atoms with Gasteiger partial charge in [-0.05, 0) is 63.4 Å². The second kappa shape index (κ2) is 9.80. The first-order valence-electron chi connectivity index (χ1n) is 11.6. The fourth-order valence-corrected chi connectivity index (χ4v) is 5.09. The number of benzene rings is 1. The van der Waals surface area contributed by atoms with Crippen LogP contribution < -0.4 is 0 Å². The topological polar surface area (TPSA) is 32.8 Å². The Morgan fingerprint density at radius 3 is 2.41 bits per heavy atom. The number of nitrogens with zero attached hydrogens (tertiary/aromatic N) is 2. The summed E-state index contributed by atoms with van der Waals surface area (Å²) in [5.74, 6) is 0. The summed E-state index contributed by atoms with van der Waals surface area (Å²) in [7, 11) is 1.93. The first kappa shape index (κ1) is 20.5. The molecule has 2 fully saturated rings. The van der Waals surface area contributed by atoms with Gasteiger partial charge in [-0.15, -0.1) is 0 Å².